The number of anilines is 1. The molecule has 5 rings (SSSR count). The van der Waals surface area contributed by atoms with Gasteiger partial charge in [-0.1, -0.05) is 0 Å². The topological polar surface area (TPSA) is 81.2 Å². The zero-order valence-electron chi connectivity index (χ0n) is 16.2. The van der Waals surface area contributed by atoms with E-state index >= 15 is 0 Å². The highest BCUT2D eigenvalue weighted by Crippen LogP contribution is 2.23. The maximum absolute atomic E-state index is 12.4. The van der Waals surface area contributed by atoms with Gasteiger partial charge in [-0.3, -0.25) is 4.79 Å². The molecule has 0 spiro atoms. The van der Waals surface area contributed by atoms with Crippen LogP contribution in [0.3, 0.4) is 0 Å². The molecule has 1 saturated heterocycles. The number of aryl methyl sites for hydroxylation is 3. The molecule has 8 nitrogen and oxygen atoms in total. The third-order valence-electron chi connectivity index (χ3n) is 6.05. The van der Waals surface area contributed by atoms with Gasteiger partial charge in [0.2, 0.25) is 0 Å². The number of nitrogens with zero attached hydrogens (tertiary/aromatic N) is 7. The molecule has 1 aliphatic heterocycles. The lowest BCUT2D eigenvalue weighted by Crippen LogP contribution is -2.37. The van der Waals surface area contributed by atoms with Gasteiger partial charge in [-0.2, -0.15) is 9.61 Å². The molecule has 146 valence electrons. The Morgan fingerprint density at radius 2 is 1.89 bits per heavy atom. The molecule has 2 aliphatic rings. The standard InChI is InChI=1S/C20H25N7O/c1-14-21-22-18-6-7-19(24-27(14)18)25-10-8-15(9-11-25)13-26-20(28)12-16-4-2-3-5-17(16)23-26/h6-7,12,15H,2-5,8-11,13H2,1H3. The monoisotopic (exact) mass is 379 g/mol. The summed E-state index contributed by atoms with van der Waals surface area (Å²) in [6.07, 6.45) is 6.42. The van der Waals surface area contributed by atoms with Gasteiger partial charge in [-0.25, -0.2) is 4.68 Å². The quantitative estimate of drug-likeness (QED) is 0.690. The summed E-state index contributed by atoms with van der Waals surface area (Å²) in [5.74, 6) is 2.23. The van der Waals surface area contributed by atoms with Gasteiger partial charge in [0, 0.05) is 25.7 Å². The highest BCUT2D eigenvalue weighted by atomic mass is 16.1. The summed E-state index contributed by atoms with van der Waals surface area (Å²) in [4.78, 5) is 14.8. The predicted octanol–water partition coefficient (Wildman–Crippen LogP) is 1.78. The summed E-state index contributed by atoms with van der Waals surface area (Å²) < 4.78 is 3.49. The van der Waals surface area contributed by atoms with Gasteiger partial charge < -0.3 is 4.90 Å². The Bertz CT molecular complexity index is 1060. The fourth-order valence-electron chi connectivity index (χ4n) is 4.38. The molecule has 1 fully saturated rings. The van der Waals surface area contributed by atoms with E-state index in [1.54, 1.807) is 9.20 Å². The number of fused-ring (bicyclic) bond motifs is 2. The third-order valence-corrected chi connectivity index (χ3v) is 6.05. The normalized spacial score (nSPS) is 17.8. The van der Waals surface area contributed by atoms with Crippen LogP contribution in [0.2, 0.25) is 0 Å². The maximum Gasteiger partial charge on any atom is 0.267 e. The minimum atomic E-state index is 0.0540. The van der Waals surface area contributed by atoms with Crippen molar-refractivity contribution in [3.63, 3.8) is 0 Å². The molecule has 3 aromatic heterocycles. The molecule has 0 atom stereocenters. The first-order valence-corrected chi connectivity index (χ1v) is 10.2. The SMILES string of the molecule is Cc1nnc2ccc(N3CCC(Cn4nc5c(cc4=O)CCCC5)CC3)nn12. The molecular formula is C20H25N7O. The second-order valence-corrected chi connectivity index (χ2v) is 7.98. The van der Waals surface area contributed by atoms with Gasteiger partial charge in [0.15, 0.2) is 11.5 Å². The van der Waals surface area contributed by atoms with E-state index in [2.05, 4.69) is 25.3 Å². The third kappa shape index (κ3) is 3.16. The number of piperidine rings is 1. The summed E-state index contributed by atoms with van der Waals surface area (Å²) in [6, 6.07) is 5.79. The maximum atomic E-state index is 12.4. The van der Waals surface area contributed by atoms with E-state index < -0.39 is 0 Å². The Morgan fingerprint density at radius 1 is 1.07 bits per heavy atom. The molecule has 0 bridgehead atoms. The highest BCUT2D eigenvalue weighted by Gasteiger charge is 2.22. The van der Waals surface area contributed by atoms with E-state index in [0.717, 1.165) is 73.9 Å². The molecule has 0 aromatic carbocycles. The lowest BCUT2D eigenvalue weighted by atomic mass is 9.96. The second kappa shape index (κ2) is 7.00. The largest absolute Gasteiger partial charge is 0.355 e. The van der Waals surface area contributed by atoms with Crippen LogP contribution in [-0.2, 0) is 19.4 Å². The van der Waals surface area contributed by atoms with Gasteiger partial charge in [0.25, 0.3) is 5.56 Å². The van der Waals surface area contributed by atoms with Crippen LogP contribution in [0.25, 0.3) is 5.65 Å². The van der Waals surface area contributed by atoms with Crippen LogP contribution in [0.5, 0.6) is 0 Å². The van der Waals surface area contributed by atoms with E-state index in [0.29, 0.717) is 5.92 Å². The second-order valence-electron chi connectivity index (χ2n) is 7.98. The van der Waals surface area contributed by atoms with Crippen molar-refractivity contribution in [1.82, 2.24) is 29.6 Å². The molecule has 0 unspecified atom stereocenters. The molecule has 1 aliphatic carbocycles. The van der Waals surface area contributed by atoms with Crippen LogP contribution < -0.4 is 10.5 Å². The number of rotatable bonds is 3. The number of hydrogen-bond donors (Lipinski definition) is 0. The van der Waals surface area contributed by atoms with E-state index in [-0.39, 0.29) is 5.56 Å². The summed E-state index contributed by atoms with van der Waals surface area (Å²) >= 11 is 0. The molecule has 28 heavy (non-hydrogen) atoms. The summed E-state index contributed by atoms with van der Waals surface area (Å²) in [7, 11) is 0. The molecule has 0 N–H and O–H groups in total. The van der Waals surface area contributed by atoms with Gasteiger partial charge in [-0.15, -0.1) is 15.3 Å². The predicted molar refractivity (Wildman–Crippen MR) is 106 cm³/mol. The van der Waals surface area contributed by atoms with Crippen molar-refractivity contribution in [3.05, 3.63) is 45.6 Å². The van der Waals surface area contributed by atoms with Crippen molar-refractivity contribution in [2.24, 2.45) is 5.92 Å². The Balaban J connectivity index is 1.27. The lowest BCUT2D eigenvalue weighted by molar-refractivity contribution is 0.331. The first-order valence-electron chi connectivity index (χ1n) is 10.2. The molecule has 0 saturated carbocycles. The van der Waals surface area contributed by atoms with Crippen molar-refractivity contribution < 1.29 is 0 Å². The van der Waals surface area contributed by atoms with Crippen LogP contribution in [0.1, 0.15) is 42.8 Å². The zero-order valence-corrected chi connectivity index (χ0v) is 16.2. The van der Waals surface area contributed by atoms with E-state index in [4.69, 9.17) is 0 Å². The minimum absolute atomic E-state index is 0.0540. The molecule has 4 heterocycles. The molecule has 0 amide bonds. The van der Waals surface area contributed by atoms with E-state index in [1.165, 1.54) is 12.8 Å². The molecule has 8 heteroatoms. The number of hydrogen-bond acceptors (Lipinski definition) is 6. The average molecular weight is 379 g/mol. The Hall–Kier alpha value is -2.77. The van der Waals surface area contributed by atoms with Gasteiger partial charge >= 0.3 is 0 Å². The fourth-order valence-corrected chi connectivity index (χ4v) is 4.38. The van der Waals surface area contributed by atoms with Crippen LogP contribution in [-0.4, -0.2) is 42.7 Å². The Kier molecular flexibility index (Phi) is 4.33. The summed E-state index contributed by atoms with van der Waals surface area (Å²) in [6.45, 7) is 4.50. The molecule has 3 aromatic rings. The lowest BCUT2D eigenvalue weighted by Gasteiger charge is -2.32. The van der Waals surface area contributed by atoms with Gasteiger partial charge in [0.05, 0.1) is 5.69 Å². The van der Waals surface area contributed by atoms with Crippen LogP contribution >= 0.6 is 0 Å². The molecular weight excluding hydrogens is 354 g/mol. The zero-order chi connectivity index (χ0) is 19.1. The average Bonchev–Trinajstić information content (AvgIpc) is 3.09. The Labute approximate surface area is 163 Å². The van der Waals surface area contributed by atoms with Crippen LogP contribution in [0, 0.1) is 12.8 Å². The smallest absolute Gasteiger partial charge is 0.267 e. The van der Waals surface area contributed by atoms with Gasteiger partial charge in [0.1, 0.15) is 5.82 Å². The van der Waals surface area contributed by atoms with Gasteiger partial charge in [-0.05, 0) is 69.1 Å². The fraction of sp³-hybridized carbons (Fsp3) is 0.550. The van der Waals surface area contributed by atoms with E-state index in [9.17, 15) is 4.79 Å². The Morgan fingerprint density at radius 3 is 2.75 bits per heavy atom. The van der Waals surface area contributed by atoms with Crippen molar-refractivity contribution in [3.8, 4) is 0 Å². The summed E-state index contributed by atoms with van der Waals surface area (Å²) in [5.41, 5.74) is 3.12. The highest BCUT2D eigenvalue weighted by molar-refractivity contribution is 5.45. The first kappa shape index (κ1) is 17.3. The van der Waals surface area contributed by atoms with Crippen LogP contribution in [0.15, 0.2) is 23.0 Å². The van der Waals surface area contributed by atoms with Crippen molar-refractivity contribution in [2.75, 3.05) is 18.0 Å². The first-order chi connectivity index (χ1) is 13.7. The van der Waals surface area contributed by atoms with Crippen molar-refractivity contribution >= 4 is 11.5 Å². The number of aromatic nitrogens is 6. The summed E-state index contributed by atoms with van der Waals surface area (Å²) in [5, 5.41) is 17.5. The van der Waals surface area contributed by atoms with Crippen LogP contribution in [0.4, 0.5) is 5.82 Å². The minimum Gasteiger partial charge on any atom is -0.355 e. The molecule has 0 radical (unpaired) electrons. The van der Waals surface area contributed by atoms with Crippen molar-refractivity contribution in [1.29, 1.82) is 0 Å². The van der Waals surface area contributed by atoms with Crippen molar-refractivity contribution in [2.45, 2.75) is 52.0 Å². The van der Waals surface area contributed by atoms with E-state index in [1.807, 2.05) is 25.1 Å².